The number of carbonyl (C=O) groups is 2. The van der Waals surface area contributed by atoms with Gasteiger partial charge in [0, 0.05) is 22.6 Å². The first-order chi connectivity index (χ1) is 16.2. The van der Waals surface area contributed by atoms with Crippen LogP contribution in [0.1, 0.15) is 60.2 Å². The number of carbonyl (C=O) groups excluding carboxylic acids is 2. The molecule has 5 rings (SSSR count). The van der Waals surface area contributed by atoms with Crippen LogP contribution in [0, 0.1) is 5.41 Å². The van der Waals surface area contributed by atoms with Crippen molar-refractivity contribution in [2.24, 2.45) is 5.41 Å². The summed E-state index contributed by atoms with van der Waals surface area (Å²) in [5, 5.41) is 0. The molecule has 0 bridgehead atoms. The normalized spacial score (nSPS) is 19.4. The summed E-state index contributed by atoms with van der Waals surface area (Å²) in [6.45, 7) is 5.48. The number of benzene rings is 3. The lowest BCUT2D eigenvalue weighted by Crippen LogP contribution is -2.51. The Hall–Kier alpha value is -3.60. The number of rotatable bonds is 3. The van der Waals surface area contributed by atoms with Crippen LogP contribution in [0.5, 0.6) is 17.2 Å². The van der Waals surface area contributed by atoms with Gasteiger partial charge in [-0.25, -0.2) is 0 Å². The van der Waals surface area contributed by atoms with Crippen LogP contribution in [0.25, 0.3) is 0 Å². The number of hydrogen-bond donors (Lipinski definition) is 0. The molecule has 0 spiro atoms. The number of Topliss-reactive ketones (excluding diaryl/α,β-unsaturated/α-hetero) is 1. The first-order valence-electron chi connectivity index (χ1n) is 11.6. The minimum atomic E-state index is -1.44. The van der Waals surface area contributed by atoms with E-state index in [1.165, 1.54) is 0 Å². The molecule has 1 aliphatic heterocycles. The molecule has 1 heterocycles. The van der Waals surface area contributed by atoms with Crippen LogP contribution in [-0.4, -0.2) is 24.5 Å². The lowest BCUT2D eigenvalue weighted by molar-refractivity contribution is -0.165. The van der Waals surface area contributed by atoms with Crippen molar-refractivity contribution in [1.82, 2.24) is 0 Å². The number of para-hydroxylation sites is 2. The fraction of sp³-hybridized carbons (Fsp3) is 0.310. The summed E-state index contributed by atoms with van der Waals surface area (Å²) in [5.41, 5.74) is 0.862. The number of esters is 1. The molecule has 2 aliphatic rings. The molecule has 174 valence electrons. The Bertz CT molecular complexity index is 1240. The largest absolute Gasteiger partial charge is 0.497 e. The van der Waals surface area contributed by atoms with Crippen molar-refractivity contribution in [3.05, 3.63) is 89.0 Å². The molecular formula is C29H28O5. The minimum Gasteiger partial charge on any atom is -0.497 e. The summed E-state index contributed by atoms with van der Waals surface area (Å²) in [4.78, 5) is 28.6. The Morgan fingerprint density at radius 2 is 1.59 bits per heavy atom. The van der Waals surface area contributed by atoms with E-state index < -0.39 is 22.9 Å². The molecule has 34 heavy (non-hydrogen) atoms. The van der Waals surface area contributed by atoms with Gasteiger partial charge in [-0.05, 0) is 63.4 Å². The predicted octanol–water partition coefficient (Wildman–Crippen LogP) is 6.09. The van der Waals surface area contributed by atoms with Gasteiger partial charge in [-0.15, -0.1) is 0 Å². The molecule has 0 saturated carbocycles. The molecule has 0 aromatic heterocycles. The smallest absolute Gasteiger partial charge is 0.321 e. The Labute approximate surface area is 199 Å². The minimum absolute atomic E-state index is 0.238. The van der Waals surface area contributed by atoms with Crippen molar-refractivity contribution in [1.29, 1.82) is 0 Å². The molecule has 1 aliphatic carbocycles. The third-order valence-electron chi connectivity index (χ3n) is 6.69. The van der Waals surface area contributed by atoms with E-state index in [0.29, 0.717) is 35.7 Å². The molecular weight excluding hydrogens is 428 g/mol. The van der Waals surface area contributed by atoms with Gasteiger partial charge in [-0.1, -0.05) is 42.5 Å². The summed E-state index contributed by atoms with van der Waals surface area (Å²) in [6, 6.07) is 20.8. The van der Waals surface area contributed by atoms with E-state index >= 15 is 0 Å². The van der Waals surface area contributed by atoms with Gasteiger partial charge in [0.15, 0.2) is 5.78 Å². The maximum Gasteiger partial charge on any atom is 0.321 e. The number of hydrogen-bond acceptors (Lipinski definition) is 5. The molecule has 0 N–H and O–H groups in total. The molecule has 1 unspecified atom stereocenters. The predicted molar refractivity (Wildman–Crippen MR) is 129 cm³/mol. The molecule has 0 radical (unpaired) electrons. The standard InChI is InChI=1S/C29H28O5/c1-28(2,3)34-27(31)29(16-15-18-13-14-19(32-4)17-22(18)26(29)30)25-20-9-5-7-11-23(20)33-24-12-8-6-10-21(24)25/h5-14,17,25H,15-16H2,1-4H3. The number of fused-ring (bicyclic) bond motifs is 3. The second kappa shape index (κ2) is 8.01. The van der Waals surface area contributed by atoms with Gasteiger partial charge >= 0.3 is 5.97 Å². The third-order valence-corrected chi connectivity index (χ3v) is 6.69. The van der Waals surface area contributed by atoms with Gasteiger partial charge in [-0.2, -0.15) is 0 Å². The van der Waals surface area contributed by atoms with Crippen LogP contribution in [0.2, 0.25) is 0 Å². The van der Waals surface area contributed by atoms with Crippen LogP contribution in [0.15, 0.2) is 66.7 Å². The summed E-state index contributed by atoms with van der Waals surface area (Å²) >= 11 is 0. The number of methoxy groups -OCH3 is 1. The number of ether oxygens (including phenoxy) is 3. The highest BCUT2D eigenvalue weighted by molar-refractivity contribution is 6.15. The van der Waals surface area contributed by atoms with E-state index in [1.54, 1.807) is 13.2 Å². The van der Waals surface area contributed by atoms with Crippen molar-refractivity contribution in [2.45, 2.75) is 45.1 Å². The number of aryl methyl sites for hydroxylation is 1. The van der Waals surface area contributed by atoms with Crippen LogP contribution in [-0.2, 0) is 16.0 Å². The molecule has 0 saturated heterocycles. The van der Waals surface area contributed by atoms with Crippen LogP contribution in [0.4, 0.5) is 0 Å². The van der Waals surface area contributed by atoms with Gasteiger partial charge in [0.1, 0.15) is 28.3 Å². The average Bonchev–Trinajstić information content (AvgIpc) is 2.82. The van der Waals surface area contributed by atoms with Crippen LogP contribution in [0.3, 0.4) is 0 Å². The Balaban J connectivity index is 1.78. The van der Waals surface area contributed by atoms with E-state index in [-0.39, 0.29) is 5.78 Å². The monoisotopic (exact) mass is 456 g/mol. The number of ketones is 1. The van der Waals surface area contributed by atoms with Crippen molar-refractivity contribution in [2.75, 3.05) is 7.11 Å². The topological polar surface area (TPSA) is 61.8 Å². The molecule has 0 fully saturated rings. The van der Waals surface area contributed by atoms with Gasteiger partial charge in [-0.3, -0.25) is 9.59 Å². The van der Waals surface area contributed by atoms with Gasteiger partial charge in [0.25, 0.3) is 0 Å². The van der Waals surface area contributed by atoms with Crippen molar-refractivity contribution >= 4 is 11.8 Å². The van der Waals surface area contributed by atoms with Crippen molar-refractivity contribution in [3.63, 3.8) is 0 Å². The fourth-order valence-electron chi connectivity index (χ4n) is 5.20. The quantitative estimate of drug-likeness (QED) is 0.353. The zero-order valence-electron chi connectivity index (χ0n) is 19.9. The highest BCUT2D eigenvalue weighted by Crippen LogP contribution is 2.57. The van der Waals surface area contributed by atoms with E-state index in [4.69, 9.17) is 14.2 Å². The Kier molecular flexibility index (Phi) is 5.23. The van der Waals surface area contributed by atoms with E-state index in [2.05, 4.69) is 0 Å². The zero-order valence-corrected chi connectivity index (χ0v) is 19.9. The van der Waals surface area contributed by atoms with Crippen molar-refractivity contribution in [3.8, 4) is 17.2 Å². The molecule has 3 aromatic rings. The molecule has 5 heteroatoms. The molecule has 0 amide bonds. The van der Waals surface area contributed by atoms with Crippen molar-refractivity contribution < 1.29 is 23.8 Å². The summed E-state index contributed by atoms with van der Waals surface area (Å²) in [7, 11) is 1.57. The summed E-state index contributed by atoms with van der Waals surface area (Å²) in [5.74, 6) is 0.598. The van der Waals surface area contributed by atoms with Crippen LogP contribution >= 0.6 is 0 Å². The SMILES string of the molecule is COc1ccc2c(c1)C(=O)C(C(=O)OC(C)(C)C)(C1c3ccccc3Oc3ccccc31)CC2. The van der Waals surface area contributed by atoms with Gasteiger partial charge < -0.3 is 14.2 Å². The highest BCUT2D eigenvalue weighted by Gasteiger charge is 2.58. The average molecular weight is 457 g/mol. The first kappa shape index (κ1) is 22.2. The maximum absolute atomic E-state index is 14.5. The van der Waals surface area contributed by atoms with Gasteiger partial charge in [0.05, 0.1) is 7.11 Å². The second-order valence-corrected chi connectivity index (χ2v) is 9.94. The fourth-order valence-corrected chi connectivity index (χ4v) is 5.20. The lowest BCUT2D eigenvalue weighted by Gasteiger charge is -2.44. The summed E-state index contributed by atoms with van der Waals surface area (Å²) < 4.78 is 17.6. The van der Waals surface area contributed by atoms with E-state index in [0.717, 1.165) is 16.7 Å². The third kappa shape index (κ3) is 3.47. The summed E-state index contributed by atoms with van der Waals surface area (Å²) in [6.07, 6.45) is 0.916. The highest BCUT2D eigenvalue weighted by atomic mass is 16.6. The van der Waals surface area contributed by atoms with Gasteiger partial charge in [0.2, 0.25) is 0 Å². The van der Waals surface area contributed by atoms with E-state index in [9.17, 15) is 9.59 Å². The molecule has 1 atom stereocenters. The molecule has 5 nitrogen and oxygen atoms in total. The Morgan fingerprint density at radius 3 is 2.18 bits per heavy atom. The second-order valence-electron chi connectivity index (χ2n) is 9.94. The Morgan fingerprint density at radius 1 is 0.971 bits per heavy atom. The molecule has 3 aromatic carbocycles. The van der Waals surface area contributed by atoms with E-state index in [1.807, 2.05) is 81.4 Å². The first-order valence-corrected chi connectivity index (χ1v) is 11.6. The van der Waals surface area contributed by atoms with Crippen LogP contribution < -0.4 is 9.47 Å². The zero-order chi connectivity index (χ0) is 24.1. The lowest BCUT2D eigenvalue weighted by atomic mass is 9.59. The maximum atomic E-state index is 14.5.